The topological polar surface area (TPSA) is 79.8 Å². The van der Waals surface area contributed by atoms with Gasteiger partial charge in [-0.3, -0.25) is 9.59 Å². The van der Waals surface area contributed by atoms with Gasteiger partial charge in [-0.2, -0.15) is 5.10 Å². The molecule has 0 spiro atoms. The van der Waals surface area contributed by atoms with Crippen LogP contribution in [-0.2, 0) is 11.2 Å². The minimum atomic E-state index is -0.444. The fourth-order valence-corrected chi connectivity index (χ4v) is 4.43. The van der Waals surface area contributed by atoms with E-state index in [0.717, 1.165) is 35.8 Å². The number of carbonyl (C=O) groups excluding carboxylic acids is 2. The summed E-state index contributed by atoms with van der Waals surface area (Å²) in [5.74, 6) is -0.450. The van der Waals surface area contributed by atoms with Crippen molar-refractivity contribution in [1.29, 1.82) is 0 Å². The molecule has 0 aliphatic rings. The van der Waals surface area contributed by atoms with Gasteiger partial charge in [-0.05, 0) is 43.0 Å². The van der Waals surface area contributed by atoms with E-state index < -0.39 is 5.91 Å². The van der Waals surface area contributed by atoms with Crippen LogP contribution >= 0.6 is 11.3 Å². The highest BCUT2D eigenvalue weighted by Crippen LogP contribution is 2.29. The number of hydrogen-bond acceptors (Lipinski definition) is 5. The molecule has 2 N–H and O–H groups in total. The lowest BCUT2D eigenvalue weighted by molar-refractivity contribution is -0.120. The zero-order chi connectivity index (χ0) is 23.8. The lowest BCUT2D eigenvalue weighted by Gasteiger charge is -2.10. The molecular formula is C25H28FN3O3S. The van der Waals surface area contributed by atoms with Crippen molar-refractivity contribution in [1.82, 2.24) is 10.7 Å². The fraction of sp³-hybridized carbons (Fsp3) is 0.320. The van der Waals surface area contributed by atoms with Crippen LogP contribution in [0.25, 0.3) is 10.1 Å². The highest BCUT2D eigenvalue weighted by atomic mass is 32.1. The monoisotopic (exact) mass is 469 g/mol. The molecule has 2 amide bonds. The molecule has 33 heavy (non-hydrogen) atoms. The number of fused-ring (bicyclic) bond motifs is 1. The Morgan fingerprint density at radius 3 is 2.73 bits per heavy atom. The van der Waals surface area contributed by atoms with Crippen LogP contribution in [0.3, 0.4) is 0 Å². The van der Waals surface area contributed by atoms with Gasteiger partial charge in [0.15, 0.2) is 0 Å². The summed E-state index contributed by atoms with van der Waals surface area (Å²) in [5, 5.41) is 9.56. The first-order valence-corrected chi connectivity index (χ1v) is 11.8. The highest BCUT2D eigenvalue weighted by molar-refractivity contribution is 7.17. The van der Waals surface area contributed by atoms with Crippen molar-refractivity contribution < 1.29 is 18.7 Å². The summed E-state index contributed by atoms with van der Waals surface area (Å²) in [4.78, 5) is 24.8. The van der Waals surface area contributed by atoms with Crippen molar-refractivity contribution in [3.05, 3.63) is 64.3 Å². The molecule has 0 aliphatic heterocycles. The number of nitrogens with one attached hydrogen (secondary N) is 2. The number of hydrazone groups is 1. The van der Waals surface area contributed by atoms with Crippen LogP contribution < -0.4 is 15.5 Å². The second-order valence-corrected chi connectivity index (χ2v) is 8.41. The van der Waals surface area contributed by atoms with Crippen molar-refractivity contribution in [2.75, 3.05) is 13.7 Å². The van der Waals surface area contributed by atoms with E-state index in [1.165, 1.54) is 17.4 Å². The summed E-state index contributed by atoms with van der Waals surface area (Å²) >= 11 is 1.32. The molecule has 0 fully saturated rings. The number of ether oxygens (including phenoxy) is 1. The quantitative estimate of drug-likeness (QED) is 0.322. The van der Waals surface area contributed by atoms with Gasteiger partial charge in [-0.15, -0.1) is 11.3 Å². The van der Waals surface area contributed by atoms with Gasteiger partial charge in [-0.1, -0.05) is 38.5 Å². The Bertz CT molecular complexity index is 1170. The van der Waals surface area contributed by atoms with Crippen LogP contribution in [0.4, 0.5) is 4.39 Å². The molecule has 2 aromatic carbocycles. The van der Waals surface area contributed by atoms with Gasteiger partial charge in [0.1, 0.15) is 11.6 Å². The van der Waals surface area contributed by atoms with Gasteiger partial charge in [0.2, 0.25) is 0 Å². The van der Waals surface area contributed by atoms with Crippen molar-refractivity contribution in [2.24, 2.45) is 5.10 Å². The van der Waals surface area contributed by atoms with Crippen LogP contribution in [0.15, 0.2) is 46.9 Å². The van der Waals surface area contributed by atoms with Crippen molar-refractivity contribution >= 4 is 38.9 Å². The van der Waals surface area contributed by atoms with E-state index in [9.17, 15) is 14.0 Å². The number of thiophene rings is 1. The summed E-state index contributed by atoms with van der Waals surface area (Å²) < 4.78 is 20.0. The molecule has 3 rings (SSSR count). The largest absolute Gasteiger partial charge is 0.496 e. The average molecular weight is 470 g/mol. The normalized spacial score (nSPS) is 11.5. The van der Waals surface area contributed by atoms with Gasteiger partial charge in [0.05, 0.1) is 24.1 Å². The highest BCUT2D eigenvalue weighted by Gasteiger charge is 2.14. The van der Waals surface area contributed by atoms with E-state index >= 15 is 0 Å². The number of rotatable bonds is 10. The number of benzene rings is 2. The smallest absolute Gasteiger partial charge is 0.259 e. The molecule has 0 saturated carbocycles. The minimum absolute atomic E-state index is 0.222. The number of nitrogens with zero attached hydrogens (tertiary/aromatic N) is 1. The average Bonchev–Trinajstić information content (AvgIpc) is 3.27. The number of amides is 2. The van der Waals surface area contributed by atoms with Crippen molar-refractivity contribution in [3.63, 3.8) is 0 Å². The van der Waals surface area contributed by atoms with Crippen molar-refractivity contribution in [2.45, 2.75) is 39.5 Å². The SMILES string of the molecule is CCCC/C(=N\NC(=O)CNC(=O)c1ccc(CC)c(OC)c1)c1csc2c(F)cccc12. The molecular weight excluding hydrogens is 441 g/mol. The Kier molecular flexibility index (Phi) is 8.54. The minimum Gasteiger partial charge on any atom is -0.496 e. The molecule has 0 bridgehead atoms. The maximum Gasteiger partial charge on any atom is 0.259 e. The number of halogens is 1. The van der Waals surface area contributed by atoms with E-state index in [2.05, 4.69) is 22.8 Å². The summed E-state index contributed by atoms with van der Waals surface area (Å²) in [6.45, 7) is 3.85. The van der Waals surface area contributed by atoms with Crippen LogP contribution in [0.1, 0.15) is 54.6 Å². The van der Waals surface area contributed by atoms with Gasteiger partial charge in [0.25, 0.3) is 11.8 Å². The number of aryl methyl sites for hydroxylation is 1. The van der Waals surface area contributed by atoms with Crippen LogP contribution in [0, 0.1) is 5.82 Å². The lowest BCUT2D eigenvalue weighted by Crippen LogP contribution is -2.35. The molecule has 1 heterocycles. The molecule has 174 valence electrons. The lowest BCUT2D eigenvalue weighted by atomic mass is 10.0. The zero-order valence-electron chi connectivity index (χ0n) is 19.0. The van der Waals surface area contributed by atoms with Gasteiger partial charge in [-0.25, -0.2) is 9.82 Å². The van der Waals surface area contributed by atoms with Gasteiger partial charge < -0.3 is 10.1 Å². The number of methoxy groups -OCH3 is 1. The summed E-state index contributed by atoms with van der Waals surface area (Å²) in [6.07, 6.45) is 3.28. The first-order valence-electron chi connectivity index (χ1n) is 10.9. The number of unbranched alkanes of at least 4 members (excludes halogenated alkanes) is 1. The Morgan fingerprint density at radius 2 is 2.00 bits per heavy atom. The van der Waals surface area contributed by atoms with Crippen LogP contribution in [0.2, 0.25) is 0 Å². The standard InChI is InChI=1S/C25H28FN3O3S/c1-4-6-10-21(19-15-33-24-18(19)8-7-9-20(24)26)28-29-23(30)14-27-25(31)17-12-11-16(5-2)22(13-17)32-3/h7-9,11-13,15H,4-6,10,14H2,1-3H3,(H,27,31)(H,29,30)/b28-21+. The third kappa shape index (κ3) is 5.96. The Labute approximate surface area is 196 Å². The van der Waals surface area contributed by atoms with E-state index in [-0.39, 0.29) is 18.3 Å². The van der Waals surface area contributed by atoms with Gasteiger partial charge in [0, 0.05) is 21.9 Å². The summed E-state index contributed by atoms with van der Waals surface area (Å²) in [7, 11) is 1.56. The molecule has 1 aromatic heterocycles. The van der Waals surface area contributed by atoms with E-state index in [0.29, 0.717) is 28.1 Å². The third-order valence-corrected chi connectivity index (χ3v) is 6.29. The second kappa shape index (κ2) is 11.6. The molecule has 8 heteroatoms. The first-order chi connectivity index (χ1) is 16.0. The molecule has 6 nitrogen and oxygen atoms in total. The van der Waals surface area contributed by atoms with E-state index in [1.54, 1.807) is 25.3 Å². The zero-order valence-corrected chi connectivity index (χ0v) is 19.9. The molecule has 0 saturated heterocycles. The summed E-state index contributed by atoms with van der Waals surface area (Å²) in [6, 6.07) is 10.2. The Morgan fingerprint density at radius 1 is 1.18 bits per heavy atom. The maximum atomic E-state index is 14.1. The predicted molar refractivity (Wildman–Crippen MR) is 131 cm³/mol. The van der Waals surface area contributed by atoms with Crippen LogP contribution in [-0.4, -0.2) is 31.2 Å². The molecule has 0 aliphatic carbocycles. The van der Waals surface area contributed by atoms with Gasteiger partial charge >= 0.3 is 0 Å². The maximum absolute atomic E-state index is 14.1. The van der Waals surface area contributed by atoms with E-state index in [4.69, 9.17) is 4.74 Å². The fourth-order valence-electron chi connectivity index (χ4n) is 3.45. The molecule has 0 radical (unpaired) electrons. The molecule has 3 aromatic rings. The summed E-state index contributed by atoms with van der Waals surface area (Å²) in [5.41, 5.74) is 5.44. The number of carbonyl (C=O) groups is 2. The first kappa shape index (κ1) is 24.4. The predicted octanol–water partition coefficient (Wildman–Crippen LogP) is 5.05. The van der Waals surface area contributed by atoms with Crippen molar-refractivity contribution in [3.8, 4) is 5.75 Å². The van der Waals surface area contributed by atoms with Crippen LogP contribution in [0.5, 0.6) is 5.75 Å². The number of hydrogen-bond donors (Lipinski definition) is 2. The molecule has 0 unspecified atom stereocenters. The third-order valence-electron chi connectivity index (χ3n) is 5.29. The Hall–Kier alpha value is -3.26. The second-order valence-electron chi connectivity index (χ2n) is 7.53. The van der Waals surface area contributed by atoms with E-state index in [1.807, 2.05) is 24.4 Å². The molecule has 0 atom stereocenters. The Balaban J connectivity index is 1.67.